The minimum atomic E-state index is -0.683. The number of cyclic esters (lactones) is 1. The Hall–Kier alpha value is -2.88. The van der Waals surface area contributed by atoms with Crippen molar-refractivity contribution in [3.8, 4) is 0 Å². The van der Waals surface area contributed by atoms with E-state index in [1.165, 1.54) is 4.90 Å². The van der Waals surface area contributed by atoms with Crippen molar-refractivity contribution in [2.75, 3.05) is 36.1 Å². The van der Waals surface area contributed by atoms with Gasteiger partial charge in [0.15, 0.2) is 6.10 Å². The number of hydrogen-bond acceptors (Lipinski definition) is 6. The molecule has 0 radical (unpaired) electrons. The molecule has 2 aromatic rings. The van der Waals surface area contributed by atoms with E-state index in [0.29, 0.717) is 28.1 Å². The zero-order valence-electron chi connectivity index (χ0n) is 15.8. The number of amides is 3. The Labute approximate surface area is 181 Å². The van der Waals surface area contributed by atoms with Crippen molar-refractivity contribution in [3.05, 3.63) is 57.9 Å². The van der Waals surface area contributed by atoms with Gasteiger partial charge in [-0.05, 0) is 36.4 Å². The number of carbonyl (C=O) groups is 3. The maximum absolute atomic E-state index is 12.3. The van der Waals surface area contributed by atoms with Crippen molar-refractivity contribution in [1.82, 2.24) is 5.32 Å². The SMILES string of the molecule is C=C(NC(=O)c1ccc(Cl)s1)C1CN(c2ccc(N3CCOCC3=O)cc2)C(=O)O1. The fraction of sp³-hybridized carbons (Fsp3) is 0.250. The summed E-state index contributed by atoms with van der Waals surface area (Å²) in [5, 5.41) is 2.66. The highest BCUT2D eigenvalue weighted by Gasteiger charge is 2.35. The van der Waals surface area contributed by atoms with Gasteiger partial charge in [0.25, 0.3) is 11.8 Å². The first-order valence-electron chi connectivity index (χ1n) is 9.14. The summed E-state index contributed by atoms with van der Waals surface area (Å²) in [6.45, 7) is 5.08. The van der Waals surface area contributed by atoms with E-state index in [1.807, 2.05) is 0 Å². The van der Waals surface area contributed by atoms with Crippen LogP contribution in [-0.2, 0) is 14.3 Å². The molecule has 156 valence electrons. The second-order valence-electron chi connectivity index (χ2n) is 6.68. The van der Waals surface area contributed by atoms with E-state index in [-0.39, 0.29) is 30.7 Å². The maximum Gasteiger partial charge on any atom is 0.415 e. The summed E-state index contributed by atoms with van der Waals surface area (Å²) in [5.74, 6) is -0.459. The molecule has 0 spiro atoms. The Morgan fingerprint density at radius 1 is 1.13 bits per heavy atom. The molecule has 2 fully saturated rings. The molecule has 10 heteroatoms. The number of nitrogens with one attached hydrogen (secondary N) is 1. The molecule has 0 saturated carbocycles. The molecular weight excluding hydrogens is 430 g/mol. The van der Waals surface area contributed by atoms with Crippen molar-refractivity contribution in [2.24, 2.45) is 0 Å². The van der Waals surface area contributed by atoms with Crippen molar-refractivity contribution < 1.29 is 23.9 Å². The quantitative estimate of drug-likeness (QED) is 0.761. The number of thiophene rings is 1. The van der Waals surface area contributed by atoms with E-state index in [4.69, 9.17) is 21.1 Å². The highest BCUT2D eigenvalue weighted by molar-refractivity contribution is 7.18. The fourth-order valence-electron chi connectivity index (χ4n) is 3.18. The standard InChI is InChI=1S/C20H18ClN3O5S/c1-12(22-19(26)16-6-7-17(21)30-16)15-10-24(20(27)29-15)14-4-2-13(3-5-14)23-8-9-28-11-18(23)25/h2-7,15H,1,8-11H2,(H,22,26). The van der Waals surface area contributed by atoms with E-state index in [0.717, 1.165) is 17.0 Å². The number of anilines is 2. The number of morpholine rings is 1. The van der Waals surface area contributed by atoms with Crippen LogP contribution in [0.1, 0.15) is 9.67 Å². The zero-order chi connectivity index (χ0) is 21.3. The molecule has 2 saturated heterocycles. The number of carbonyl (C=O) groups excluding carboxylic acids is 3. The second kappa shape index (κ2) is 8.47. The van der Waals surface area contributed by atoms with Gasteiger partial charge in [0, 0.05) is 17.9 Å². The monoisotopic (exact) mass is 447 g/mol. The lowest BCUT2D eigenvalue weighted by atomic mass is 10.2. The van der Waals surface area contributed by atoms with Crippen LogP contribution >= 0.6 is 22.9 Å². The van der Waals surface area contributed by atoms with Crippen LogP contribution in [0.15, 0.2) is 48.7 Å². The Kier molecular flexibility index (Phi) is 5.76. The topological polar surface area (TPSA) is 88.2 Å². The van der Waals surface area contributed by atoms with Gasteiger partial charge in [-0.2, -0.15) is 0 Å². The number of hydrogen-bond donors (Lipinski definition) is 1. The zero-order valence-corrected chi connectivity index (χ0v) is 17.4. The van der Waals surface area contributed by atoms with E-state index in [2.05, 4.69) is 11.9 Å². The fourth-order valence-corrected chi connectivity index (χ4v) is 4.12. The van der Waals surface area contributed by atoms with Gasteiger partial charge in [-0.15, -0.1) is 11.3 Å². The lowest BCUT2D eigenvalue weighted by Gasteiger charge is -2.27. The van der Waals surface area contributed by atoms with E-state index in [9.17, 15) is 14.4 Å². The van der Waals surface area contributed by atoms with Gasteiger partial charge in [0.2, 0.25) is 0 Å². The average molecular weight is 448 g/mol. The summed E-state index contributed by atoms with van der Waals surface area (Å²) in [7, 11) is 0. The summed E-state index contributed by atoms with van der Waals surface area (Å²) < 4.78 is 11.0. The van der Waals surface area contributed by atoms with Crippen LogP contribution in [0.2, 0.25) is 4.34 Å². The van der Waals surface area contributed by atoms with Gasteiger partial charge in [-0.25, -0.2) is 4.79 Å². The molecule has 1 atom stereocenters. The lowest BCUT2D eigenvalue weighted by Crippen LogP contribution is -2.41. The number of halogens is 1. The molecular formula is C20H18ClN3O5S. The lowest BCUT2D eigenvalue weighted by molar-refractivity contribution is -0.125. The minimum Gasteiger partial charge on any atom is -0.437 e. The third-order valence-corrected chi connectivity index (χ3v) is 5.96. The molecule has 0 bridgehead atoms. The van der Waals surface area contributed by atoms with E-state index in [1.54, 1.807) is 41.3 Å². The Morgan fingerprint density at radius 2 is 1.83 bits per heavy atom. The first kappa shape index (κ1) is 20.4. The molecule has 1 N–H and O–H groups in total. The van der Waals surface area contributed by atoms with Crippen LogP contribution in [-0.4, -0.2) is 50.3 Å². The summed E-state index contributed by atoms with van der Waals surface area (Å²) >= 11 is 7.00. The van der Waals surface area contributed by atoms with E-state index >= 15 is 0 Å². The van der Waals surface area contributed by atoms with Crippen LogP contribution in [0.3, 0.4) is 0 Å². The van der Waals surface area contributed by atoms with Crippen molar-refractivity contribution in [3.63, 3.8) is 0 Å². The van der Waals surface area contributed by atoms with Gasteiger partial charge in [0.05, 0.1) is 28.1 Å². The van der Waals surface area contributed by atoms with Crippen molar-refractivity contribution >= 4 is 52.2 Å². The molecule has 0 aliphatic carbocycles. The van der Waals surface area contributed by atoms with Crippen LogP contribution < -0.4 is 15.1 Å². The summed E-state index contributed by atoms with van der Waals surface area (Å²) in [6.07, 6.45) is -1.22. The van der Waals surface area contributed by atoms with Crippen LogP contribution in [0.4, 0.5) is 16.2 Å². The number of benzene rings is 1. The van der Waals surface area contributed by atoms with Crippen molar-refractivity contribution in [2.45, 2.75) is 6.10 Å². The summed E-state index contributed by atoms with van der Waals surface area (Å²) in [5.41, 5.74) is 1.65. The first-order valence-corrected chi connectivity index (χ1v) is 10.3. The Morgan fingerprint density at radius 3 is 2.47 bits per heavy atom. The number of rotatable bonds is 5. The maximum atomic E-state index is 12.3. The normalized spacial score (nSPS) is 19.0. The molecule has 3 heterocycles. The number of ether oxygens (including phenoxy) is 2. The smallest absolute Gasteiger partial charge is 0.415 e. The van der Waals surface area contributed by atoms with E-state index < -0.39 is 12.2 Å². The highest BCUT2D eigenvalue weighted by atomic mass is 35.5. The molecule has 2 aliphatic rings. The van der Waals surface area contributed by atoms with Gasteiger partial charge < -0.3 is 19.7 Å². The molecule has 1 unspecified atom stereocenters. The van der Waals surface area contributed by atoms with Gasteiger partial charge >= 0.3 is 6.09 Å². The largest absolute Gasteiger partial charge is 0.437 e. The second-order valence-corrected chi connectivity index (χ2v) is 8.40. The van der Waals surface area contributed by atoms with Gasteiger partial charge in [-0.3, -0.25) is 14.5 Å². The minimum absolute atomic E-state index is 0.0629. The summed E-state index contributed by atoms with van der Waals surface area (Å²) in [6, 6.07) is 10.3. The Bertz CT molecular complexity index is 1010. The van der Waals surface area contributed by atoms with Crippen molar-refractivity contribution in [1.29, 1.82) is 0 Å². The number of nitrogens with zero attached hydrogens (tertiary/aromatic N) is 2. The van der Waals surface area contributed by atoms with Crippen LogP contribution in [0.5, 0.6) is 0 Å². The predicted molar refractivity (Wildman–Crippen MR) is 113 cm³/mol. The third kappa shape index (κ3) is 4.18. The average Bonchev–Trinajstić information content (AvgIpc) is 3.34. The van der Waals surface area contributed by atoms with Gasteiger partial charge in [-0.1, -0.05) is 18.2 Å². The molecule has 2 aliphatic heterocycles. The predicted octanol–water partition coefficient (Wildman–Crippen LogP) is 3.03. The van der Waals surface area contributed by atoms with Gasteiger partial charge in [0.1, 0.15) is 6.61 Å². The molecule has 4 rings (SSSR count). The molecule has 1 aromatic heterocycles. The van der Waals surface area contributed by atoms with Crippen LogP contribution in [0, 0.1) is 0 Å². The molecule has 3 amide bonds. The molecule has 8 nitrogen and oxygen atoms in total. The highest BCUT2D eigenvalue weighted by Crippen LogP contribution is 2.27. The first-order chi connectivity index (χ1) is 14.4. The third-order valence-electron chi connectivity index (χ3n) is 4.73. The van der Waals surface area contributed by atoms with Crippen LogP contribution in [0.25, 0.3) is 0 Å². The summed E-state index contributed by atoms with van der Waals surface area (Å²) in [4.78, 5) is 40.1. The molecule has 30 heavy (non-hydrogen) atoms. The molecule has 1 aromatic carbocycles. The Balaban J connectivity index is 1.40.